The Hall–Kier alpha value is -1.28. The van der Waals surface area contributed by atoms with Crippen molar-refractivity contribution in [3.63, 3.8) is 0 Å². The summed E-state index contributed by atoms with van der Waals surface area (Å²) in [5, 5.41) is 13.3. The summed E-state index contributed by atoms with van der Waals surface area (Å²) in [4.78, 5) is 21.4. The number of carbonyl (C=O) groups excluding carboxylic acids is 1. The summed E-state index contributed by atoms with van der Waals surface area (Å²) in [6.45, 7) is 4.53. The lowest BCUT2D eigenvalue weighted by atomic mass is 9.77. The molecule has 2 aromatic rings. The van der Waals surface area contributed by atoms with Crippen LogP contribution < -0.4 is 0 Å². The molecule has 1 amide bonds. The van der Waals surface area contributed by atoms with Gasteiger partial charge in [0.25, 0.3) is 0 Å². The smallest absolute Gasteiger partial charge is 0.225 e. The highest BCUT2D eigenvalue weighted by Crippen LogP contribution is 2.36. The van der Waals surface area contributed by atoms with Crippen molar-refractivity contribution in [1.29, 1.82) is 0 Å². The zero-order chi connectivity index (χ0) is 18.1. The van der Waals surface area contributed by atoms with Gasteiger partial charge in [-0.05, 0) is 44.2 Å². The fourth-order valence-corrected chi connectivity index (χ4v) is 5.27. The maximum absolute atomic E-state index is 12.5. The molecule has 1 saturated carbocycles. The maximum atomic E-state index is 12.5. The van der Waals surface area contributed by atoms with Gasteiger partial charge in [-0.25, -0.2) is 4.98 Å². The molecular formula is C19H24N2O3S2. The molecule has 3 heterocycles. The van der Waals surface area contributed by atoms with Crippen LogP contribution in [-0.2, 0) is 35.7 Å². The Morgan fingerprint density at radius 2 is 2.27 bits per heavy atom. The van der Waals surface area contributed by atoms with Crippen LogP contribution >= 0.6 is 22.7 Å². The zero-order valence-electron chi connectivity index (χ0n) is 15.0. The van der Waals surface area contributed by atoms with E-state index in [-0.39, 0.29) is 12.3 Å². The predicted molar refractivity (Wildman–Crippen MR) is 102 cm³/mol. The molecule has 2 aromatic heterocycles. The number of thiazole rings is 1. The van der Waals surface area contributed by atoms with Crippen LogP contribution in [0.25, 0.3) is 0 Å². The molecule has 7 heteroatoms. The minimum absolute atomic E-state index is 0.0840. The van der Waals surface area contributed by atoms with Gasteiger partial charge in [0, 0.05) is 28.2 Å². The molecule has 4 rings (SSSR count). The van der Waals surface area contributed by atoms with E-state index in [2.05, 4.69) is 11.1 Å². The van der Waals surface area contributed by atoms with E-state index in [1.807, 2.05) is 17.2 Å². The summed E-state index contributed by atoms with van der Waals surface area (Å²) in [7, 11) is 0. The molecule has 0 bridgehead atoms. The largest absolute Gasteiger partial charge is 0.389 e. The SMILES string of the molecule is Cc1nc(COCc2cc3c(s2)CCN(C(=O)CC2(O)CCC2)C3)cs1. The van der Waals surface area contributed by atoms with Crippen molar-refractivity contribution in [2.75, 3.05) is 6.54 Å². The number of carbonyl (C=O) groups is 1. The van der Waals surface area contributed by atoms with Gasteiger partial charge in [0.05, 0.1) is 35.9 Å². The first kappa shape index (κ1) is 18.1. The van der Waals surface area contributed by atoms with Crippen LogP contribution in [0.15, 0.2) is 11.4 Å². The van der Waals surface area contributed by atoms with Gasteiger partial charge in [0.1, 0.15) is 0 Å². The number of aliphatic hydroxyl groups is 1. The number of thiophene rings is 1. The number of aromatic nitrogens is 1. The molecule has 0 radical (unpaired) electrons. The summed E-state index contributed by atoms with van der Waals surface area (Å²) in [5.41, 5.74) is 1.48. The number of fused-ring (bicyclic) bond motifs is 1. The molecule has 5 nitrogen and oxygen atoms in total. The van der Waals surface area contributed by atoms with E-state index in [1.54, 1.807) is 22.7 Å². The Labute approximate surface area is 161 Å². The molecule has 0 spiro atoms. The van der Waals surface area contributed by atoms with Gasteiger partial charge in [0.2, 0.25) is 5.91 Å². The first-order chi connectivity index (χ1) is 12.5. The van der Waals surface area contributed by atoms with Gasteiger partial charge in [-0.15, -0.1) is 22.7 Å². The number of amides is 1. The lowest BCUT2D eigenvalue weighted by molar-refractivity contribution is -0.141. The number of aryl methyl sites for hydroxylation is 1. The molecule has 2 aliphatic rings. The van der Waals surface area contributed by atoms with Crippen LogP contribution in [0.4, 0.5) is 0 Å². The third kappa shape index (κ3) is 4.01. The van der Waals surface area contributed by atoms with Gasteiger partial charge in [-0.2, -0.15) is 0 Å². The fourth-order valence-electron chi connectivity index (χ4n) is 3.56. The summed E-state index contributed by atoms with van der Waals surface area (Å²) in [6.07, 6.45) is 3.72. The van der Waals surface area contributed by atoms with Crippen LogP contribution in [0, 0.1) is 6.92 Å². The highest BCUT2D eigenvalue weighted by Gasteiger charge is 2.38. The Morgan fingerprint density at radius 3 is 2.96 bits per heavy atom. The number of hydrogen-bond donors (Lipinski definition) is 1. The number of nitrogens with zero attached hydrogens (tertiary/aromatic N) is 2. The molecule has 0 unspecified atom stereocenters. The number of rotatable bonds is 6. The van der Waals surface area contributed by atoms with E-state index in [1.165, 1.54) is 15.3 Å². The van der Waals surface area contributed by atoms with E-state index in [0.717, 1.165) is 42.9 Å². The van der Waals surface area contributed by atoms with Gasteiger partial charge in [-0.3, -0.25) is 4.79 Å². The average Bonchev–Trinajstić information content (AvgIpc) is 3.18. The number of hydrogen-bond acceptors (Lipinski definition) is 6. The summed E-state index contributed by atoms with van der Waals surface area (Å²) < 4.78 is 5.80. The van der Waals surface area contributed by atoms with Gasteiger partial charge in [0.15, 0.2) is 0 Å². The predicted octanol–water partition coefficient (Wildman–Crippen LogP) is 3.42. The molecule has 1 fully saturated rings. The van der Waals surface area contributed by atoms with Gasteiger partial charge < -0.3 is 14.7 Å². The zero-order valence-corrected chi connectivity index (χ0v) is 16.6. The quantitative estimate of drug-likeness (QED) is 0.818. The Balaban J connectivity index is 1.31. The van der Waals surface area contributed by atoms with Crippen LogP contribution in [-0.4, -0.2) is 33.0 Å². The Bertz CT molecular complexity index is 795. The molecule has 26 heavy (non-hydrogen) atoms. The number of ether oxygens (including phenoxy) is 1. The van der Waals surface area contributed by atoms with Crippen molar-refractivity contribution < 1.29 is 14.6 Å². The second-order valence-corrected chi connectivity index (χ2v) is 9.62. The molecule has 0 saturated heterocycles. The van der Waals surface area contributed by atoms with E-state index in [9.17, 15) is 9.90 Å². The molecular weight excluding hydrogens is 368 g/mol. The van der Waals surface area contributed by atoms with E-state index in [4.69, 9.17) is 4.74 Å². The molecule has 140 valence electrons. The molecule has 0 atom stereocenters. The van der Waals surface area contributed by atoms with E-state index < -0.39 is 5.60 Å². The van der Waals surface area contributed by atoms with Crippen molar-refractivity contribution >= 4 is 28.6 Å². The van der Waals surface area contributed by atoms with Crippen LogP contribution in [0.5, 0.6) is 0 Å². The lowest BCUT2D eigenvalue weighted by Crippen LogP contribution is -2.44. The second kappa shape index (κ2) is 7.38. The molecule has 0 aromatic carbocycles. The van der Waals surface area contributed by atoms with Crippen molar-refractivity contribution in [3.05, 3.63) is 37.5 Å². The molecule has 1 aliphatic carbocycles. The summed E-state index contributed by atoms with van der Waals surface area (Å²) in [5.74, 6) is 0.0840. The van der Waals surface area contributed by atoms with Gasteiger partial charge >= 0.3 is 0 Å². The minimum atomic E-state index is -0.737. The molecule has 1 aliphatic heterocycles. The maximum Gasteiger partial charge on any atom is 0.225 e. The lowest BCUT2D eigenvalue weighted by Gasteiger charge is -2.38. The van der Waals surface area contributed by atoms with E-state index in [0.29, 0.717) is 19.8 Å². The Kier molecular flexibility index (Phi) is 5.14. The van der Waals surface area contributed by atoms with Gasteiger partial charge in [-0.1, -0.05) is 0 Å². The summed E-state index contributed by atoms with van der Waals surface area (Å²) >= 11 is 3.43. The van der Waals surface area contributed by atoms with Crippen molar-refractivity contribution in [2.45, 2.75) is 64.4 Å². The van der Waals surface area contributed by atoms with Crippen LogP contribution in [0.1, 0.15) is 51.7 Å². The van der Waals surface area contributed by atoms with Crippen LogP contribution in [0.2, 0.25) is 0 Å². The van der Waals surface area contributed by atoms with Crippen molar-refractivity contribution in [1.82, 2.24) is 9.88 Å². The third-order valence-corrected chi connectivity index (χ3v) is 7.23. The average molecular weight is 393 g/mol. The fraction of sp³-hybridized carbons (Fsp3) is 0.579. The monoisotopic (exact) mass is 392 g/mol. The molecule has 1 N–H and O–H groups in total. The normalized spacial score (nSPS) is 18.5. The van der Waals surface area contributed by atoms with Crippen molar-refractivity contribution in [2.24, 2.45) is 0 Å². The van der Waals surface area contributed by atoms with Crippen molar-refractivity contribution in [3.8, 4) is 0 Å². The van der Waals surface area contributed by atoms with Crippen LogP contribution in [0.3, 0.4) is 0 Å². The second-order valence-electron chi connectivity index (χ2n) is 7.33. The Morgan fingerprint density at radius 1 is 1.42 bits per heavy atom. The minimum Gasteiger partial charge on any atom is -0.389 e. The topological polar surface area (TPSA) is 62.7 Å². The first-order valence-corrected chi connectivity index (χ1v) is 10.8. The highest BCUT2D eigenvalue weighted by atomic mass is 32.1. The third-order valence-electron chi connectivity index (χ3n) is 5.20. The highest BCUT2D eigenvalue weighted by molar-refractivity contribution is 7.12. The van der Waals surface area contributed by atoms with E-state index >= 15 is 0 Å². The summed E-state index contributed by atoms with van der Waals surface area (Å²) in [6, 6.07) is 2.17. The first-order valence-electron chi connectivity index (χ1n) is 9.10. The standard InChI is InChI=1S/C19H24N2O3S2/c1-13-20-15(12-25-13)10-24-11-16-7-14-9-21(6-3-17(14)26-16)18(22)8-19(23)4-2-5-19/h7,12,23H,2-6,8-11H2,1H3.